The third kappa shape index (κ3) is 3.49. The van der Waals surface area contributed by atoms with Crippen LogP contribution in [0.5, 0.6) is 0 Å². The second kappa shape index (κ2) is 7.52. The van der Waals surface area contributed by atoms with Crippen molar-refractivity contribution < 1.29 is 13.9 Å². The highest BCUT2D eigenvalue weighted by molar-refractivity contribution is 5.96. The molecular weight excluding hydrogens is 366 g/mol. The van der Waals surface area contributed by atoms with E-state index in [9.17, 15) is 4.79 Å². The SMILES string of the molecule is CO[C@@H]1C[C@H]2CN(C(=O)c3cc4ccccc4o3)C[C@H]2C[C@H]1Nc1ccccn1. The lowest BCUT2D eigenvalue weighted by Crippen LogP contribution is -2.44. The predicted molar refractivity (Wildman–Crippen MR) is 111 cm³/mol. The molecule has 1 aromatic carbocycles. The Morgan fingerprint density at radius 1 is 1.14 bits per heavy atom. The number of anilines is 1. The molecule has 2 aromatic heterocycles. The van der Waals surface area contributed by atoms with Crippen molar-refractivity contribution in [2.45, 2.75) is 25.0 Å². The molecule has 2 fully saturated rings. The minimum absolute atomic E-state index is 0.0150. The van der Waals surface area contributed by atoms with Gasteiger partial charge in [0.2, 0.25) is 0 Å². The van der Waals surface area contributed by atoms with E-state index in [2.05, 4.69) is 10.3 Å². The molecule has 1 saturated carbocycles. The first-order valence-corrected chi connectivity index (χ1v) is 10.2. The topological polar surface area (TPSA) is 67.6 Å². The molecule has 150 valence electrons. The third-order valence-electron chi connectivity index (χ3n) is 6.34. The molecule has 0 radical (unpaired) electrons. The Balaban J connectivity index is 1.30. The highest BCUT2D eigenvalue weighted by Gasteiger charge is 2.44. The lowest BCUT2D eigenvalue weighted by molar-refractivity contribution is 0.0304. The predicted octanol–water partition coefficient (Wildman–Crippen LogP) is 3.81. The molecule has 1 aliphatic heterocycles. The molecule has 1 amide bonds. The maximum atomic E-state index is 13.1. The van der Waals surface area contributed by atoms with E-state index in [0.29, 0.717) is 17.6 Å². The summed E-state index contributed by atoms with van der Waals surface area (Å²) in [5.41, 5.74) is 0.756. The van der Waals surface area contributed by atoms with Crippen molar-refractivity contribution in [1.29, 1.82) is 0 Å². The number of ether oxygens (including phenoxy) is 1. The van der Waals surface area contributed by atoms with E-state index in [1.54, 1.807) is 13.3 Å². The van der Waals surface area contributed by atoms with Crippen LogP contribution in [0.15, 0.2) is 59.1 Å². The van der Waals surface area contributed by atoms with Crippen molar-refractivity contribution in [3.8, 4) is 0 Å². The van der Waals surface area contributed by atoms with Gasteiger partial charge in [-0.1, -0.05) is 24.3 Å². The zero-order valence-electron chi connectivity index (χ0n) is 16.5. The van der Waals surface area contributed by atoms with Crippen LogP contribution in [0.2, 0.25) is 0 Å². The fourth-order valence-electron chi connectivity index (χ4n) is 4.87. The van der Waals surface area contributed by atoms with Crippen molar-refractivity contribution in [3.63, 3.8) is 0 Å². The van der Waals surface area contributed by atoms with E-state index in [1.807, 2.05) is 53.4 Å². The number of para-hydroxylation sites is 1. The van der Waals surface area contributed by atoms with Gasteiger partial charge in [0.15, 0.2) is 5.76 Å². The fraction of sp³-hybridized carbons (Fsp3) is 0.391. The van der Waals surface area contributed by atoms with Gasteiger partial charge in [0.05, 0.1) is 12.1 Å². The van der Waals surface area contributed by atoms with Crippen LogP contribution >= 0.6 is 0 Å². The van der Waals surface area contributed by atoms with Crippen molar-refractivity contribution in [2.75, 3.05) is 25.5 Å². The number of furan rings is 1. The molecule has 3 aromatic rings. The monoisotopic (exact) mass is 391 g/mol. The van der Waals surface area contributed by atoms with Crippen LogP contribution in [0, 0.1) is 11.8 Å². The smallest absolute Gasteiger partial charge is 0.289 e. The van der Waals surface area contributed by atoms with Gasteiger partial charge < -0.3 is 19.4 Å². The molecule has 0 bridgehead atoms. The highest BCUT2D eigenvalue weighted by atomic mass is 16.5. The molecule has 0 spiro atoms. The standard InChI is InChI=1S/C23H25N3O3/c1-28-20-12-17-14-26(23(27)21-11-15-6-2-3-7-19(15)29-21)13-16(17)10-18(20)25-22-8-4-5-9-24-22/h2-9,11,16-18,20H,10,12-14H2,1H3,(H,24,25)/t16-,17+,18-,20-/m1/s1. The maximum Gasteiger partial charge on any atom is 0.289 e. The number of aromatic nitrogens is 1. The normalized spacial score (nSPS) is 26.4. The number of hydrogen-bond donors (Lipinski definition) is 1. The van der Waals surface area contributed by atoms with Crippen LogP contribution in [0.4, 0.5) is 5.82 Å². The molecule has 2 aliphatic rings. The van der Waals surface area contributed by atoms with Gasteiger partial charge in [0, 0.05) is 31.8 Å². The first kappa shape index (κ1) is 18.2. The van der Waals surface area contributed by atoms with Gasteiger partial charge >= 0.3 is 0 Å². The number of fused-ring (bicyclic) bond motifs is 2. The van der Waals surface area contributed by atoms with Gasteiger partial charge in [0.25, 0.3) is 5.91 Å². The van der Waals surface area contributed by atoms with Crippen LogP contribution in [-0.2, 0) is 4.74 Å². The van der Waals surface area contributed by atoms with Gasteiger partial charge in [0.1, 0.15) is 11.4 Å². The second-order valence-electron chi connectivity index (χ2n) is 8.09. The molecule has 5 rings (SSSR count). The molecule has 6 nitrogen and oxygen atoms in total. The first-order chi connectivity index (χ1) is 14.2. The summed E-state index contributed by atoms with van der Waals surface area (Å²) < 4.78 is 11.6. The van der Waals surface area contributed by atoms with E-state index in [-0.39, 0.29) is 18.1 Å². The van der Waals surface area contributed by atoms with E-state index in [0.717, 1.165) is 42.7 Å². The Kier molecular flexibility index (Phi) is 4.72. The van der Waals surface area contributed by atoms with E-state index in [1.165, 1.54) is 0 Å². The molecule has 1 N–H and O–H groups in total. The first-order valence-electron chi connectivity index (χ1n) is 10.2. The number of hydrogen-bond acceptors (Lipinski definition) is 5. The molecule has 4 atom stereocenters. The Morgan fingerprint density at radius 3 is 2.69 bits per heavy atom. The quantitative estimate of drug-likeness (QED) is 0.733. The number of carbonyl (C=O) groups is 1. The van der Waals surface area contributed by atoms with Crippen molar-refractivity contribution in [2.24, 2.45) is 11.8 Å². The van der Waals surface area contributed by atoms with Gasteiger partial charge in [-0.05, 0) is 48.9 Å². The van der Waals surface area contributed by atoms with Crippen LogP contribution in [0.25, 0.3) is 11.0 Å². The highest BCUT2D eigenvalue weighted by Crippen LogP contribution is 2.39. The van der Waals surface area contributed by atoms with E-state index in [4.69, 9.17) is 9.15 Å². The Hall–Kier alpha value is -2.86. The van der Waals surface area contributed by atoms with Gasteiger partial charge in [-0.3, -0.25) is 4.79 Å². The summed E-state index contributed by atoms with van der Waals surface area (Å²) in [6.45, 7) is 1.52. The number of pyridine rings is 1. The summed E-state index contributed by atoms with van der Waals surface area (Å²) in [6, 6.07) is 15.6. The average molecular weight is 391 g/mol. The molecule has 1 aliphatic carbocycles. The molecule has 1 saturated heterocycles. The molecule has 0 unspecified atom stereocenters. The van der Waals surface area contributed by atoms with Crippen molar-refractivity contribution in [1.82, 2.24) is 9.88 Å². The van der Waals surface area contributed by atoms with Crippen LogP contribution in [0.3, 0.4) is 0 Å². The number of likely N-dealkylation sites (tertiary alicyclic amines) is 1. The molecule has 29 heavy (non-hydrogen) atoms. The maximum absolute atomic E-state index is 13.1. The zero-order valence-corrected chi connectivity index (χ0v) is 16.5. The van der Waals surface area contributed by atoms with Crippen LogP contribution < -0.4 is 5.32 Å². The summed E-state index contributed by atoms with van der Waals surface area (Å²) in [7, 11) is 1.77. The van der Waals surface area contributed by atoms with E-state index < -0.39 is 0 Å². The molecule has 6 heteroatoms. The third-order valence-corrected chi connectivity index (χ3v) is 6.34. The number of benzene rings is 1. The lowest BCUT2D eigenvalue weighted by atomic mass is 9.77. The summed E-state index contributed by atoms with van der Waals surface area (Å²) in [6.07, 6.45) is 3.80. The summed E-state index contributed by atoms with van der Waals surface area (Å²) >= 11 is 0. The number of carbonyl (C=O) groups excluding carboxylic acids is 1. The summed E-state index contributed by atoms with van der Waals surface area (Å²) in [5.74, 6) is 2.19. The Labute approximate surface area is 169 Å². The number of nitrogens with one attached hydrogen (secondary N) is 1. The van der Waals surface area contributed by atoms with Gasteiger partial charge in [-0.25, -0.2) is 4.98 Å². The second-order valence-corrected chi connectivity index (χ2v) is 8.09. The lowest BCUT2D eigenvalue weighted by Gasteiger charge is -2.37. The van der Waals surface area contributed by atoms with Gasteiger partial charge in [-0.2, -0.15) is 0 Å². The summed E-state index contributed by atoms with van der Waals surface area (Å²) in [4.78, 5) is 19.4. The fourth-order valence-corrected chi connectivity index (χ4v) is 4.87. The van der Waals surface area contributed by atoms with Crippen molar-refractivity contribution >= 4 is 22.7 Å². The molecular formula is C23H25N3O3. The number of methoxy groups -OCH3 is 1. The molecule has 3 heterocycles. The van der Waals surface area contributed by atoms with E-state index >= 15 is 0 Å². The minimum atomic E-state index is -0.0150. The largest absolute Gasteiger partial charge is 0.451 e. The number of amides is 1. The Bertz CT molecular complexity index is 970. The zero-order chi connectivity index (χ0) is 19.8. The van der Waals surface area contributed by atoms with Crippen molar-refractivity contribution in [3.05, 3.63) is 60.5 Å². The number of rotatable bonds is 4. The average Bonchev–Trinajstić information content (AvgIpc) is 3.37. The van der Waals surface area contributed by atoms with Gasteiger partial charge in [-0.15, -0.1) is 0 Å². The minimum Gasteiger partial charge on any atom is -0.451 e. The van der Waals surface area contributed by atoms with Crippen LogP contribution in [-0.4, -0.2) is 48.1 Å². The number of nitrogens with zero attached hydrogens (tertiary/aromatic N) is 2. The Morgan fingerprint density at radius 2 is 1.93 bits per heavy atom. The van der Waals surface area contributed by atoms with Crippen LogP contribution in [0.1, 0.15) is 23.4 Å². The summed E-state index contributed by atoms with van der Waals surface area (Å²) in [5, 5.41) is 4.49.